The molecule has 0 aromatic heterocycles. The average Bonchev–Trinajstić information content (AvgIpc) is 2.04. The van der Waals surface area contributed by atoms with E-state index in [0.717, 1.165) is 19.5 Å². The Balaban J connectivity index is 4.01. The molecule has 0 fully saturated rings. The molecule has 74 valence electrons. The van der Waals surface area contributed by atoms with Gasteiger partial charge in [0.25, 0.3) is 0 Å². The van der Waals surface area contributed by atoms with Crippen molar-refractivity contribution >= 4 is 11.3 Å². The molecule has 1 N–H and O–H groups in total. The molecular formula is C7H17N2O2S-. The maximum atomic E-state index is 10.4. The van der Waals surface area contributed by atoms with Crippen molar-refractivity contribution in [1.82, 2.24) is 9.62 Å². The highest BCUT2D eigenvalue weighted by molar-refractivity contribution is 7.77. The van der Waals surface area contributed by atoms with Crippen molar-refractivity contribution in [2.45, 2.75) is 33.4 Å². The summed E-state index contributed by atoms with van der Waals surface area (Å²) in [5.74, 6) is 0. The molecular weight excluding hydrogens is 176 g/mol. The molecule has 2 atom stereocenters. The summed E-state index contributed by atoms with van der Waals surface area (Å²) < 4.78 is 23.2. The molecule has 0 saturated carbocycles. The summed E-state index contributed by atoms with van der Waals surface area (Å²) in [6.07, 6.45) is 0.730. The minimum atomic E-state index is -2.16. The Bertz CT molecular complexity index is 139. The van der Waals surface area contributed by atoms with E-state index in [2.05, 4.69) is 9.62 Å². The monoisotopic (exact) mass is 193 g/mol. The molecule has 0 aromatic rings. The molecule has 5 heteroatoms. The van der Waals surface area contributed by atoms with Crippen LogP contribution in [0.25, 0.3) is 0 Å². The van der Waals surface area contributed by atoms with Crippen molar-refractivity contribution in [3.63, 3.8) is 0 Å². The van der Waals surface area contributed by atoms with Gasteiger partial charge in [0.05, 0.1) is 6.17 Å². The maximum absolute atomic E-state index is 10.4. The molecule has 0 aliphatic heterocycles. The third-order valence-electron chi connectivity index (χ3n) is 1.87. The first kappa shape index (κ1) is 12.0. The molecule has 12 heavy (non-hydrogen) atoms. The standard InChI is InChI=1S/C7H18N2O2S/c1-4-7(8-12(10)11)9(5-2)6-3/h7-8H,4-6H2,1-3H3,(H,10,11)/p-1. The van der Waals surface area contributed by atoms with Gasteiger partial charge in [0.2, 0.25) is 0 Å². The Labute approximate surface area is 76.8 Å². The molecule has 0 aromatic carbocycles. The molecule has 0 aliphatic carbocycles. The van der Waals surface area contributed by atoms with Gasteiger partial charge in [-0.15, -0.1) is 0 Å². The van der Waals surface area contributed by atoms with Crippen LogP contribution in [0.15, 0.2) is 0 Å². The van der Waals surface area contributed by atoms with Crippen molar-refractivity contribution in [3.05, 3.63) is 0 Å². The summed E-state index contributed by atoms with van der Waals surface area (Å²) in [4.78, 5) is 2.07. The van der Waals surface area contributed by atoms with Crippen molar-refractivity contribution in [2.24, 2.45) is 0 Å². The quantitative estimate of drug-likeness (QED) is 0.492. The summed E-state index contributed by atoms with van der Waals surface area (Å²) in [5, 5.41) is 0. The van der Waals surface area contributed by atoms with Gasteiger partial charge in [-0.3, -0.25) is 9.11 Å². The number of hydrogen-bond donors (Lipinski definition) is 1. The highest BCUT2D eigenvalue weighted by atomic mass is 32.2. The number of hydrogen-bond acceptors (Lipinski definition) is 3. The van der Waals surface area contributed by atoms with Crippen LogP contribution in [0.3, 0.4) is 0 Å². The minimum absolute atomic E-state index is 0.0571. The molecule has 2 unspecified atom stereocenters. The zero-order valence-electron chi connectivity index (χ0n) is 7.87. The lowest BCUT2D eigenvalue weighted by atomic mass is 10.3. The van der Waals surface area contributed by atoms with Crippen LogP contribution >= 0.6 is 0 Å². The van der Waals surface area contributed by atoms with Crippen LogP contribution in [0.5, 0.6) is 0 Å². The Kier molecular flexibility index (Phi) is 6.55. The van der Waals surface area contributed by atoms with Crippen LogP contribution in [0.4, 0.5) is 0 Å². The van der Waals surface area contributed by atoms with Gasteiger partial charge >= 0.3 is 0 Å². The largest absolute Gasteiger partial charge is 0.760 e. The van der Waals surface area contributed by atoms with Gasteiger partial charge in [0.1, 0.15) is 0 Å². The highest BCUT2D eigenvalue weighted by Crippen LogP contribution is 1.99. The highest BCUT2D eigenvalue weighted by Gasteiger charge is 2.11. The maximum Gasteiger partial charge on any atom is 0.0701 e. The topological polar surface area (TPSA) is 55.4 Å². The molecule has 0 bridgehead atoms. The third-order valence-corrected chi connectivity index (χ3v) is 2.34. The van der Waals surface area contributed by atoms with Crippen LogP contribution in [0, 0.1) is 0 Å². The molecule has 0 aliphatic rings. The first-order chi connectivity index (χ1) is 5.65. The first-order valence-corrected chi connectivity index (χ1v) is 5.32. The predicted octanol–water partition coefficient (Wildman–Crippen LogP) is 0.448. The van der Waals surface area contributed by atoms with E-state index in [-0.39, 0.29) is 6.17 Å². The van der Waals surface area contributed by atoms with Gasteiger partial charge in [-0.25, -0.2) is 4.72 Å². The number of nitrogens with zero attached hydrogens (tertiary/aromatic N) is 1. The van der Waals surface area contributed by atoms with Gasteiger partial charge in [0.15, 0.2) is 0 Å². The normalized spacial score (nSPS) is 16.4. The lowest BCUT2D eigenvalue weighted by Gasteiger charge is -2.29. The van der Waals surface area contributed by atoms with Crippen molar-refractivity contribution < 1.29 is 8.76 Å². The fourth-order valence-electron chi connectivity index (χ4n) is 1.19. The first-order valence-electron chi connectivity index (χ1n) is 4.25. The zero-order valence-corrected chi connectivity index (χ0v) is 8.69. The van der Waals surface area contributed by atoms with Crippen molar-refractivity contribution in [2.75, 3.05) is 13.1 Å². The second-order valence-electron chi connectivity index (χ2n) is 2.50. The summed E-state index contributed by atoms with van der Waals surface area (Å²) in [7, 11) is 0. The van der Waals surface area contributed by atoms with Crippen LogP contribution in [0.1, 0.15) is 27.2 Å². The van der Waals surface area contributed by atoms with E-state index in [1.54, 1.807) is 0 Å². The molecule has 0 amide bonds. The fraction of sp³-hybridized carbons (Fsp3) is 1.00. The van der Waals surface area contributed by atoms with Gasteiger partial charge in [0, 0.05) is 11.3 Å². The summed E-state index contributed by atoms with van der Waals surface area (Å²) in [5.41, 5.74) is 0. The second-order valence-corrected chi connectivity index (χ2v) is 3.20. The molecule has 0 saturated heterocycles. The van der Waals surface area contributed by atoms with E-state index in [0.29, 0.717) is 0 Å². The summed E-state index contributed by atoms with van der Waals surface area (Å²) in [6, 6.07) is 0. The van der Waals surface area contributed by atoms with E-state index < -0.39 is 11.3 Å². The lowest BCUT2D eigenvalue weighted by molar-refractivity contribution is 0.199. The lowest BCUT2D eigenvalue weighted by Crippen LogP contribution is -2.45. The fourth-order valence-corrected chi connectivity index (χ4v) is 1.73. The van der Waals surface area contributed by atoms with E-state index in [9.17, 15) is 8.76 Å². The number of rotatable bonds is 6. The zero-order chi connectivity index (χ0) is 9.56. The molecule has 4 nitrogen and oxygen atoms in total. The Morgan fingerprint density at radius 2 is 1.92 bits per heavy atom. The van der Waals surface area contributed by atoms with Gasteiger partial charge in [-0.1, -0.05) is 20.8 Å². The van der Waals surface area contributed by atoms with Gasteiger partial charge in [-0.05, 0) is 19.5 Å². The SMILES string of the molecule is CCC(NS(=O)[O-])N(CC)CC. The Morgan fingerprint density at radius 3 is 2.17 bits per heavy atom. The Hall–Kier alpha value is 0.0300. The molecule has 0 spiro atoms. The summed E-state index contributed by atoms with van der Waals surface area (Å²) in [6.45, 7) is 7.71. The van der Waals surface area contributed by atoms with Gasteiger partial charge < -0.3 is 4.55 Å². The molecule has 0 rings (SSSR count). The van der Waals surface area contributed by atoms with E-state index in [1.165, 1.54) is 0 Å². The third kappa shape index (κ3) is 4.15. The average molecular weight is 193 g/mol. The van der Waals surface area contributed by atoms with Crippen LogP contribution in [0.2, 0.25) is 0 Å². The molecule has 0 radical (unpaired) electrons. The number of nitrogens with one attached hydrogen (secondary N) is 1. The van der Waals surface area contributed by atoms with E-state index in [4.69, 9.17) is 0 Å². The second kappa shape index (κ2) is 6.54. The summed E-state index contributed by atoms with van der Waals surface area (Å²) >= 11 is -2.16. The van der Waals surface area contributed by atoms with Gasteiger partial charge in [-0.2, -0.15) is 0 Å². The van der Waals surface area contributed by atoms with Crippen LogP contribution in [-0.4, -0.2) is 32.9 Å². The minimum Gasteiger partial charge on any atom is -0.760 e. The van der Waals surface area contributed by atoms with Crippen LogP contribution in [-0.2, 0) is 11.3 Å². The van der Waals surface area contributed by atoms with E-state index >= 15 is 0 Å². The predicted molar refractivity (Wildman–Crippen MR) is 49.1 cm³/mol. The smallest absolute Gasteiger partial charge is 0.0701 e. The van der Waals surface area contributed by atoms with Crippen molar-refractivity contribution in [1.29, 1.82) is 0 Å². The Morgan fingerprint density at radius 1 is 1.42 bits per heavy atom. The van der Waals surface area contributed by atoms with E-state index in [1.807, 2.05) is 20.8 Å². The van der Waals surface area contributed by atoms with Crippen molar-refractivity contribution in [3.8, 4) is 0 Å². The molecule has 0 heterocycles. The van der Waals surface area contributed by atoms with Crippen LogP contribution < -0.4 is 4.72 Å².